The second-order valence-electron chi connectivity index (χ2n) is 7.10. The van der Waals surface area contributed by atoms with Crippen molar-refractivity contribution >= 4 is 46.5 Å². The number of fused-ring (bicyclic) bond motifs is 1. The molecule has 1 aliphatic heterocycles. The Morgan fingerprint density at radius 2 is 1.90 bits per heavy atom. The number of halogens is 1. The maximum Gasteiger partial charge on any atom is 0.254 e. The molecule has 1 aliphatic rings. The van der Waals surface area contributed by atoms with E-state index in [4.69, 9.17) is 5.73 Å². The van der Waals surface area contributed by atoms with Gasteiger partial charge in [0.05, 0.1) is 5.52 Å². The number of pyridine rings is 1. The number of carbonyl (C=O) groups is 2. The Hall–Kier alpha value is -3.12. The third kappa shape index (κ3) is 4.17. The van der Waals surface area contributed by atoms with Crippen molar-refractivity contribution in [3.05, 3.63) is 65.9 Å². The molecule has 1 fully saturated rings. The highest BCUT2D eigenvalue weighted by Crippen LogP contribution is 2.26. The van der Waals surface area contributed by atoms with Gasteiger partial charge in [0, 0.05) is 34.6 Å². The first-order valence-corrected chi connectivity index (χ1v) is 9.37. The fourth-order valence-electron chi connectivity index (χ4n) is 3.72. The van der Waals surface area contributed by atoms with E-state index < -0.39 is 6.04 Å². The fourth-order valence-corrected chi connectivity index (χ4v) is 3.72. The summed E-state index contributed by atoms with van der Waals surface area (Å²) >= 11 is 0. The van der Waals surface area contributed by atoms with Crippen LogP contribution in [0.2, 0.25) is 0 Å². The third-order valence-corrected chi connectivity index (χ3v) is 5.07. The number of amides is 2. The van der Waals surface area contributed by atoms with Gasteiger partial charge in [0.15, 0.2) is 0 Å². The van der Waals surface area contributed by atoms with Crippen molar-refractivity contribution in [2.24, 2.45) is 0 Å². The van der Waals surface area contributed by atoms with Crippen molar-refractivity contribution in [3.63, 3.8) is 0 Å². The Morgan fingerprint density at radius 3 is 2.66 bits per heavy atom. The van der Waals surface area contributed by atoms with Gasteiger partial charge in [-0.05, 0) is 56.2 Å². The molecule has 7 heteroatoms. The lowest BCUT2D eigenvalue weighted by Gasteiger charge is -2.24. The summed E-state index contributed by atoms with van der Waals surface area (Å²) in [6, 6.07) is 15.9. The first-order valence-electron chi connectivity index (χ1n) is 9.37. The summed E-state index contributed by atoms with van der Waals surface area (Å²) in [5.41, 5.74) is 9.61. The molecule has 3 N–H and O–H groups in total. The molecule has 0 aliphatic carbocycles. The minimum Gasteiger partial charge on any atom is -0.398 e. The van der Waals surface area contributed by atoms with Crippen LogP contribution >= 0.6 is 12.4 Å². The Morgan fingerprint density at radius 1 is 1.14 bits per heavy atom. The van der Waals surface area contributed by atoms with E-state index in [0.717, 1.165) is 23.0 Å². The number of aromatic nitrogens is 1. The zero-order chi connectivity index (χ0) is 19.7. The minimum atomic E-state index is -0.475. The highest BCUT2D eigenvalue weighted by atomic mass is 35.5. The van der Waals surface area contributed by atoms with Gasteiger partial charge in [0.25, 0.3) is 5.91 Å². The number of aryl methyl sites for hydroxylation is 1. The lowest BCUT2D eigenvalue weighted by atomic mass is 10.1. The van der Waals surface area contributed by atoms with Crippen LogP contribution in [0.15, 0.2) is 54.6 Å². The first kappa shape index (κ1) is 20.6. The number of likely N-dealkylation sites (tertiary alicyclic amines) is 1. The number of nitrogens with zero attached hydrogens (tertiary/aromatic N) is 2. The maximum atomic E-state index is 12.9. The van der Waals surface area contributed by atoms with E-state index >= 15 is 0 Å². The average molecular weight is 411 g/mol. The molecular weight excluding hydrogens is 388 g/mol. The van der Waals surface area contributed by atoms with Gasteiger partial charge >= 0.3 is 0 Å². The number of hydrogen-bond donors (Lipinski definition) is 2. The summed E-state index contributed by atoms with van der Waals surface area (Å²) in [6.07, 6.45) is 1.46. The quantitative estimate of drug-likeness (QED) is 0.687. The monoisotopic (exact) mass is 410 g/mol. The molecule has 1 aromatic heterocycles. The van der Waals surface area contributed by atoms with Gasteiger partial charge in [-0.1, -0.05) is 18.2 Å². The molecule has 2 aromatic carbocycles. The number of nitrogens with one attached hydrogen (secondary N) is 1. The number of nitrogen functional groups attached to an aromatic ring is 1. The second kappa shape index (κ2) is 8.49. The standard InChI is InChI=1S/C22H22N4O2.ClH/c1-14-12-18(23)17-13-16(9-10-19(17)24-14)25-21(27)20-8-5-11-26(20)22(28)15-6-3-2-4-7-15;/h2-4,6-7,9-10,12-13,20H,5,8,11H2,1H3,(H2,23,24)(H,25,27);1H/t20-;/m0./s1. The van der Waals surface area contributed by atoms with Crippen LogP contribution in [0.4, 0.5) is 11.4 Å². The van der Waals surface area contributed by atoms with E-state index in [1.54, 1.807) is 17.0 Å². The summed E-state index contributed by atoms with van der Waals surface area (Å²) in [7, 11) is 0. The number of carbonyl (C=O) groups excluding carboxylic acids is 2. The van der Waals surface area contributed by atoms with E-state index in [1.165, 1.54) is 0 Å². The van der Waals surface area contributed by atoms with Crippen LogP contribution in [0.1, 0.15) is 28.9 Å². The maximum absolute atomic E-state index is 12.9. The summed E-state index contributed by atoms with van der Waals surface area (Å²) in [5, 5.41) is 3.74. The molecule has 2 heterocycles. The molecule has 3 aromatic rings. The summed E-state index contributed by atoms with van der Waals surface area (Å²) < 4.78 is 0. The molecule has 4 rings (SSSR count). The lowest BCUT2D eigenvalue weighted by molar-refractivity contribution is -0.119. The molecule has 150 valence electrons. The Kier molecular flexibility index (Phi) is 6.03. The molecule has 1 saturated heterocycles. The number of rotatable bonds is 3. The summed E-state index contributed by atoms with van der Waals surface area (Å²) in [4.78, 5) is 31.8. The predicted molar refractivity (Wildman–Crippen MR) is 117 cm³/mol. The van der Waals surface area contributed by atoms with Crippen molar-refractivity contribution in [2.75, 3.05) is 17.6 Å². The Balaban J connectivity index is 0.00000240. The zero-order valence-corrected chi connectivity index (χ0v) is 16.9. The molecule has 0 bridgehead atoms. The molecule has 2 amide bonds. The van der Waals surface area contributed by atoms with Gasteiger partial charge in [-0.3, -0.25) is 14.6 Å². The van der Waals surface area contributed by atoms with E-state index in [2.05, 4.69) is 10.3 Å². The van der Waals surface area contributed by atoms with Gasteiger partial charge < -0.3 is 16.0 Å². The van der Waals surface area contributed by atoms with Crippen molar-refractivity contribution in [1.82, 2.24) is 9.88 Å². The molecule has 0 radical (unpaired) electrons. The Labute approximate surface area is 175 Å². The topological polar surface area (TPSA) is 88.3 Å². The van der Waals surface area contributed by atoms with E-state index in [9.17, 15) is 9.59 Å². The van der Waals surface area contributed by atoms with Gasteiger partial charge in [-0.15, -0.1) is 12.4 Å². The predicted octanol–water partition coefficient (Wildman–Crippen LogP) is 3.79. The van der Waals surface area contributed by atoms with Crippen LogP contribution in [0, 0.1) is 6.92 Å². The summed E-state index contributed by atoms with van der Waals surface area (Å²) in [6.45, 7) is 2.48. The molecule has 6 nitrogen and oxygen atoms in total. The molecule has 29 heavy (non-hydrogen) atoms. The van der Waals surface area contributed by atoms with Crippen LogP contribution in [0.5, 0.6) is 0 Å². The lowest BCUT2D eigenvalue weighted by Crippen LogP contribution is -2.43. The van der Waals surface area contributed by atoms with E-state index in [-0.39, 0.29) is 24.2 Å². The molecule has 0 saturated carbocycles. The molecule has 1 atom stereocenters. The normalized spacial score (nSPS) is 15.8. The van der Waals surface area contributed by atoms with Gasteiger partial charge in [-0.2, -0.15) is 0 Å². The van der Waals surface area contributed by atoms with Gasteiger partial charge in [0.1, 0.15) is 6.04 Å². The number of anilines is 2. The number of benzene rings is 2. The average Bonchev–Trinajstić information content (AvgIpc) is 3.18. The second-order valence-corrected chi connectivity index (χ2v) is 7.10. The van der Waals surface area contributed by atoms with Crippen LogP contribution in [-0.4, -0.2) is 34.3 Å². The summed E-state index contributed by atoms with van der Waals surface area (Å²) in [5.74, 6) is -0.291. The zero-order valence-electron chi connectivity index (χ0n) is 16.1. The first-order chi connectivity index (χ1) is 13.5. The van der Waals surface area contributed by atoms with Crippen LogP contribution < -0.4 is 11.1 Å². The fraction of sp³-hybridized carbons (Fsp3) is 0.227. The van der Waals surface area contributed by atoms with E-state index in [1.807, 2.05) is 49.4 Å². The Bertz CT molecular complexity index is 1060. The van der Waals surface area contributed by atoms with Crippen molar-refractivity contribution < 1.29 is 9.59 Å². The van der Waals surface area contributed by atoms with E-state index in [0.29, 0.717) is 29.9 Å². The largest absolute Gasteiger partial charge is 0.398 e. The van der Waals surface area contributed by atoms with Gasteiger partial charge in [-0.25, -0.2) is 0 Å². The van der Waals surface area contributed by atoms with Crippen LogP contribution in [0.25, 0.3) is 10.9 Å². The highest BCUT2D eigenvalue weighted by molar-refractivity contribution is 6.03. The van der Waals surface area contributed by atoms with Crippen molar-refractivity contribution in [2.45, 2.75) is 25.8 Å². The minimum absolute atomic E-state index is 0. The smallest absolute Gasteiger partial charge is 0.254 e. The van der Waals surface area contributed by atoms with Crippen LogP contribution in [0.3, 0.4) is 0 Å². The third-order valence-electron chi connectivity index (χ3n) is 5.07. The SMILES string of the molecule is Cc1cc(N)c2cc(NC(=O)[C@@H]3CCCN3C(=O)c3ccccc3)ccc2n1.Cl. The molecular formula is C22H23ClN4O2. The molecule has 0 unspecified atom stereocenters. The molecule has 0 spiro atoms. The number of nitrogens with two attached hydrogens (primary N) is 1. The van der Waals surface area contributed by atoms with Crippen molar-refractivity contribution in [1.29, 1.82) is 0 Å². The highest BCUT2D eigenvalue weighted by Gasteiger charge is 2.34. The van der Waals surface area contributed by atoms with Crippen LogP contribution in [-0.2, 0) is 4.79 Å². The van der Waals surface area contributed by atoms with Crippen molar-refractivity contribution in [3.8, 4) is 0 Å². The van der Waals surface area contributed by atoms with Gasteiger partial charge in [0.2, 0.25) is 5.91 Å². The number of hydrogen-bond acceptors (Lipinski definition) is 4.